The number of benzene rings is 1. The van der Waals surface area contributed by atoms with E-state index in [1.807, 2.05) is 0 Å². The maximum Gasteiger partial charge on any atom is 0.317 e. The molecule has 0 unspecified atom stereocenters. The summed E-state index contributed by atoms with van der Waals surface area (Å²) in [6, 6.07) is 7.66. The van der Waals surface area contributed by atoms with Gasteiger partial charge in [-0.1, -0.05) is 6.42 Å². The number of hydrogen-bond donors (Lipinski definition) is 3. The van der Waals surface area contributed by atoms with Gasteiger partial charge in [0.25, 0.3) is 5.91 Å². The third-order valence-corrected chi connectivity index (χ3v) is 7.20. The Morgan fingerprint density at radius 2 is 1.79 bits per heavy atom. The van der Waals surface area contributed by atoms with Crippen LogP contribution in [0.5, 0.6) is 0 Å². The Labute approximate surface area is 224 Å². The first-order valence-electron chi connectivity index (χ1n) is 12.9. The summed E-state index contributed by atoms with van der Waals surface area (Å²) >= 11 is 0. The summed E-state index contributed by atoms with van der Waals surface area (Å²) in [5, 5.41) is 2.90. The number of esters is 1. The van der Waals surface area contributed by atoms with Crippen LogP contribution >= 0.6 is 0 Å². The fraction of sp³-hybridized carbons (Fsp3) is 0.444. The lowest BCUT2D eigenvalue weighted by atomic mass is 9.83. The van der Waals surface area contributed by atoms with Crippen molar-refractivity contribution in [1.29, 1.82) is 0 Å². The highest BCUT2D eigenvalue weighted by Gasteiger charge is 2.48. The van der Waals surface area contributed by atoms with Crippen LogP contribution < -0.4 is 11.1 Å². The Hall–Kier alpha value is -3.90. The van der Waals surface area contributed by atoms with E-state index in [4.69, 9.17) is 24.9 Å². The lowest BCUT2D eigenvalue weighted by Gasteiger charge is -2.39. The fourth-order valence-corrected chi connectivity index (χ4v) is 4.83. The molecule has 1 aliphatic carbocycles. The highest BCUT2D eigenvalue weighted by Crippen LogP contribution is 2.38. The number of rotatable bonds is 7. The summed E-state index contributed by atoms with van der Waals surface area (Å²) in [5.74, 6) is -0.816. The minimum atomic E-state index is -1.29. The number of carbonyl (C=O) groups excluding carboxylic acids is 2. The summed E-state index contributed by atoms with van der Waals surface area (Å²) in [4.78, 5) is 42.0. The third-order valence-electron chi connectivity index (χ3n) is 7.20. The topological polar surface area (TPSA) is 154 Å². The van der Waals surface area contributed by atoms with Gasteiger partial charge in [-0.25, -0.2) is 19.3 Å². The molecule has 39 heavy (non-hydrogen) atoms. The Balaban J connectivity index is 1.37. The van der Waals surface area contributed by atoms with Gasteiger partial charge in [-0.15, -0.1) is 0 Å². The van der Waals surface area contributed by atoms with Gasteiger partial charge >= 0.3 is 5.97 Å². The van der Waals surface area contributed by atoms with Crippen molar-refractivity contribution in [2.24, 2.45) is 11.1 Å². The van der Waals surface area contributed by atoms with E-state index in [2.05, 4.69) is 20.3 Å². The number of hydrogen-bond acceptors (Lipinski definition) is 9. The molecule has 2 aromatic heterocycles. The number of nitrogens with zero attached hydrogens (tertiary/aromatic N) is 3. The normalized spacial score (nSPS) is 22.7. The van der Waals surface area contributed by atoms with Crippen molar-refractivity contribution in [1.82, 2.24) is 19.9 Å². The van der Waals surface area contributed by atoms with Crippen molar-refractivity contribution < 1.29 is 28.2 Å². The largest absolute Gasteiger partial charge is 0.448 e. The number of nitrogens with two attached hydrogens (primary N) is 1. The molecule has 2 fully saturated rings. The molecule has 12 heteroatoms. The van der Waals surface area contributed by atoms with Gasteiger partial charge in [0.05, 0.1) is 30.3 Å². The van der Waals surface area contributed by atoms with Gasteiger partial charge in [-0.2, -0.15) is 0 Å². The molecule has 2 aliphatic rings. The summed E-state index contributed by atoms with van der Waals surface area (Å²) in [7, 11) is 1.71. The lowest BCUT2D eigenvalue weighted by molar-refractivity contribution is -0.243. The SMILES string of the molecule is CNc1nccc(-c2[nH]c(C3OCC(C)(C(=O)OC4(C(N)=O)CCCCC4)CO3)nc2-c2ccc(F)cc2)n1. The van der Waals surface area contributed by atoms with Crippen LogP contribution in [-0.2, 0) is 23.8 Å². The number of nitrogens with one attached hydrogen (secondary N) is 2. The van der Waals surface area contributed by atoms with Crippen LogP contribution in [0, 0.1) is 11.2 Å². The van der Waals surface area contributed by atoms with E-state index in [-0.39, 0.29) is 19.0 Å². The van der Waals surface area contributed by atoms with Gasteiger partial charge in [0.2, 0.25) is 12.2 Å². The number of amides is 1. The zero-order chi connectivity index (χ0) is 27.6. The first-order valence-corrected chi connectivity index (χ1v) is 12.9. The number of anilines is 1. The van der Waals surface area contributed by atoms with Crippen molar-refractivity contribution in [2.75, 3.05) is 25.6 Å². The second kappa shape index (κ2) is 10.7. The molecule has 3 aromatic rings. The first kappa shape index (κ1) is 26.7. The second-order valence-corrected chi connectivity index (χ2v) is 10.2. The molecule has 11 nitrogen and oxygen atoms in total. The summed E-state index contributed by atoms with van der Waals surface area (Å²) < 4.78 is 31.3. The predicted octanol–water partition coefficient (Wildman–Crippen LogP) is 3.50. The lowest BCUT2D eigenvalue weighted by Crippen LogP contribution is -2.53. The Morgan fingerprint density at radius 3 is 2.44 bits per heavy atom. The molecule has 3 heterocycles. The molecular formula is C27H31FN6O5. The smallest absolute Gasteiger partial charge is 0.317 e. The van der Waals surface area contributed by atoms with Crippen molar-refractivity contribution in [3.8, 4) is 22.6 Å². The van der Waals surface area contributed by atoms with Crippen LogP contribution in [0.3, 0.4) is 0 Å². The van der Waals surface area contributed by atoms with E-state index in [9.17, 15) is 14.0 Å². The Bertz CT molecular complexity index is 1350. The van der Waals surface area contributed by atoms with Gasteiger partial charge < -0.3 is 30.2 Å². The van der Waals surface area contributed by atoms with Crippen molar-refractivity contribution in [3.05, 3.63) is 48.2 Å². The molecule has 0 radical (unpaired) electrons. The quantitative estimate of drug-likeness (QED) is 0.383. The van der Waals surface area contributed by atoms with E-state index in [1.54, 1.807) is 38.4 Å². The Kier molecular flexibility index (Phi) is 7.32. The maximum atomic E-state index is 13.6. The van der Waals surface area contributed by atoms with Crippen LogP contribution in [0.15, 0.2) is 36.5 Å². The van der Waals surface area contributed by atoms with Gasteiger partial charge in [0.1, 0.15) is 11.2 Å². The van der Waals surface area contributed by atoms with Crippen LogP contribution in [0.4, 0.5) is 10.3 Å². The van der Waals surface area contributed by atoms with Gasteiger partial charge in [0.15, 0.2) is 11.4 Å². The minimum Gasteiger partial charge on any atom is -0.448 e. The Morgan fingerprint density at radius 1 is 1.10 bits per heavy atom. The zero-order valence-electron chi connectivity index (χ0n) is 21.8. The molecule has 1 saturated heterocycles. The monoisotopic (exact) mass is 538 g/mol. The highest BCUT2D eigenvalue weighted by molar-refractivity contribution is 5.88. The van der Waals surface area contributed by atoms with Crippen LogP contribution in [0.25, 0.3) is 22.6 Å². The van der Waals surface area contributed by atoms with E-state index >= 15 is 0 Å². The molecule has 0 bridgehead atoms. The number of ether oxygens (including phenoxy) is 3. The molecule has 4 N–H and O–H groups in total. The number of imidazole rings is 1. The van der Waals surface area contributed by atoms with Gasteiger partial charge in [-0.05, 0) is 62.9 Å². The fourth-order valence-electron chi connectivity index (χ4n) is 4.83. The second-order valence-electron chi connectivity index (χ2n) is 10.2. The number of H-pyrrole nitrogens is 1. The number of halogens is 1. The molecular weight excluding hydrogens is 507 g/mol. The average Bonchev–Trinajstić information content (AvgIpc) is 3.40. The van der Waals surface area contributed by atoms with Crippen molar-refractivity contribution >= 4 is 17.8 Å². The third kappa shape index (κ3) is 5.34. The predicted molar refractivity (Wildman–Crippen MR) is 138 cm³/mol. The van der Waals surface area contributed by atoms with Crippen LogP contribution in [0.2, 0.25) is 0 Å². The standard InChI is InChI=1S/C27H31FN6O5/c1-26(24(36)39-27(23(29)35)11-4-3-5-12-27)14-37-22(38-15-26)21-33-19(16-6-8-17(28)9-7-16)20(34-21)18-10-13-31-25(30-2)32-18/h6-10,13,22H,3-5,11-12,14-15H2,1-2H3,(H2,29,35)(H,33,34)(H,30,31,32). The van der Waals surface area contributed by atoms with E-state index in [0.717, 1.165) is 19.3 Å². The van der Waals surface area contributed by atoms with Gasteiger partial charge in [0, 0.05) is 18.8 Å². The van der Waals surface area contributed by atoms with E-state index in [1.165, 1.54) is 12.1 Å². The number of aromatic nitrogens is 4. The van der Waals surface area contributed by atoms with E-state index in [0.29, 0.717) is 47.3 Å². The number of carbonyl (C=O) groups is 2. The molecule has 206 valence electrons. The molecule has 0 spiro atoms. The van der Waals surface area contributed by atoms with Gasteiger partial charge in [-0.3, -0.25) is 9.59 Å². The zero-order valence-corrected chi connectivity index (χ0v) is 21.8. The van der Waals surface area contributed by atoms with Crippen molar-refractivity contribution in [2.45, 2.75) is 50.9 Å². The molecule has 5 rings (SSSR count). The van der Waals surface area contributed by atoms with Crippen LogP contribution in [0.1, 0.15) is 51.1 Å². The molecule has 1 saturated carbocycles. The number of primary amides is 1. The molecule has 1 aliphatic heterocycles. The minimum absolute atomic E-state index is 0.0231. The average molecular weight is 539 g/mol. The van der Waals surface area contributed by atoms with Crippen molar-refractivity contribution in [3.63, 3.8) is 0 Å². The summed E-state index contributed by atoms with van der Waals surface area (Å²) in [5.41, 5.74) is 5.50. The number of aromatic amines is 1. The van der Waals surface area contributed by atoms with Crippen LogP contribution in [-0.4, -0.2) is 57.7 Å². The highest BCUT2D eigenvalue weighted by atomic mass is 19.1. The maximum absolute atomic E-state index is 13.6. The molecule has 1 aromatic carbocycles. The summed E-state index contributed by atoms with van der Waals surface area (Å²) in [6.07, 6.45) is 4.02. The molecule has 1 amide bonds. The molecule has 0 atom stereocenters. The first-order chi connectivity index (χ1) is 18.7. The summed E-state index contributed by atoms with van der Waals surface area (Å²) in [6.45, 7) is 1.62. The van der Waals surface area contributed by atoms with E-state index < -0.39 is 29.2 Å².